The molecule has 0 spiro atoms. The monoisotopic (exact) mass is 524 g/mol. The van der Waals surface area contributed by atoms with Crippen LogP contribution < -0.4 is 27.0 Å². The number of amides is 3. The van der Waals surface area contributed by atoms with E-state index in [1.54, 1.807) is 30.3 Å². The van der Waals surface area contributed by atoms with Crippen molar-refractivity contribution < 1.29 is 14.4 Å². The minimum Gasteiger partial charge on any atom is -0.370 e. The second-order valence-corrected chi connectivity index (χ2v) is 9.10. The van der Waals surface area contributed by atoms with E-state index >= 15 is 0 Å². The van der Waals surface area contributed by atoms with Crippen LogP contribution in [0.15, 0.2) is 42.6 Å². The van der Waals surface area contributed by atoms with E-state index in [9.17, 15) is 14.4 Å². The highest BCUT2D eigenvalue weighted by Crippen LogP contribution is 2.20. The number of unbranched alkanes of at least 4 members (excludes halogenated alkanes) is 2. The third kappa shape index (κ3) is 11.8. The van der Waals surface area contributed by atoms with E-state index in [1.165, 1.54) is 6.08 Å². The van der Waals surface area contributed by atoms with Gasteiger partial charge >= 0.3 is 0 Å². The summed E-state index contributed by atoms with van der Waals surface area (Å²) in [6, 6.07) is 6.82. The Morgan fingerprint density at radius 2 is 1.79 bits per heavy atom. The Morgan fingerprint density at radius 1 is 1.03 bits per heavy atom. The zero-order chi connectivity index (χ0) is 27.8. The van der Waals surface area contributed by atoms with Crippen LogP contribution in [0.5, 0.6) is 0 Å². The van der Waals surface area contributed by atoms with E-state index in [2.05, 4.69) is 38.2 Å². The van der Waals surface area contributed by atoms with Crippen LogP contribution in [0.25, 0.3) is 0 Å². The highest BCUT2D eigenvalue weighted by Gasteiger charge is 2.09. The summed E-state index contributed by atoms with van der Waals surface area (Å²) in [5.74, 6) is 0.299. The molecular weight excluding hydrogens is 484 g/mol. The van der Waals surface area contributed by atoms with Crippen LogP contribution in [0.1, 0.15) is 48.5 Å². The van der Waals surface area contributed by atoms with Crippen molar-refractivity contribution in [3.05, 3.63) is 53.7 Å². The molecule has 3 amide bonds. The number of hydrogen-bond acceptors (Lipinski definition) is 8. The molecule has 0 radical (unpaired) electrons. The van der Waals surface area contributed by atoms with Gasteiger partial charge in [-0.3, -0.25) is 14.4 Å². The van der Waals surface area contributed by atoms with Gasteiger partial charge in [0.1, 0.15) is 5.82 Å². The van der Waals surface area contributed by atoms with Gasteiger partial charge in [0.15, 0.2) is 0 Å². The first kappa shape index (κ1) is 30.2. The minimum atomic E-state index is -0.474. The number of aromatic nitrogens is 2. The highest BCUT2D eigenvalue weighted by atomic mass is 16.2. The Bertz CT molecular complexity index is 1070. The van der Waals surface area contributed by atoms with Crippen molar-refractivity contribution in [1.29, 1.82) is 0 Å². The Labute approximate surface area is 224 Å². The third-order valence-corrected chi connectivity index (χ3v) is 5.44. The molecule has 11 nitrogen and oxygen atoms in total. The number of nitrogens with two attached hydrogens (primary N) is 1. The maximum absolute atomic E-state index is 11.9. The van der Waals surface area contributed by atoms with Crippen molar-refractivity contribution in [2.45, 2.75) is 39.0 Å². The Kier molecular flexibility index (Phi) is 13.3. The predicted octanol–water partition coefficient (Wildman–Crippen LogP) is 2.20. The Morgan fingerprint density at radius 3 is 2.47 bits per heavy atom. The lowest BCUT2D eigenvalue weighted by Crippen LogP contribution is -2.36. The number of nitrogens with one attached hydrogen (secondary N) is 4. The van der Waals surface area contributed by atoms with Crippen LogP contribution in [0.2, 0.25) is 0 Å². The van der Waals surface area contributed by atoms with Gasteiger partial charge in [-0.2, -0.15) is 4.98 Å². The molecule has 0 aliphatic heterocycles. The topological polar surface area (TPSA) is 154 Å². The predicted molar refractivity (Wildman–Crippen MR) is 150 cm³/mol. The highest BCUT2D eigenvalue weighted by molar-refractivity contribution is 5.93. The number of primary amides is 1. The number of carbonyl (C=O) groups is 3. The van der Waals surface area contributed by atoms with Crippen molar-refractivity contribution in [3.63, 3.8) is 0 Å². The molecule has 0 fully saturated rings. The van der Waals surface area contributed by atoms with Gasteiger partial charge < -0.3 is 31.9 Å². The molecule has 1 aromatic heterocycles. The van der Waals surface area contributed by atoms with Gasteiger partial charge in [-0.25, -0.2) is 4.98 Å². The first-order valence-electron chi connectivity index (χ1n) is 12.9. The molecule has 0 aliphatic carbocycles. The smallest absolute Gasteiger partial charge is 0.248 e. The van der Waals surface area contributed by atoms with Crippen LogP contribution in [-0.4, -0.2) is 72.9 Å². The number of rotatable bonds is 17. The average Bonchev–Trinajstić information content (AvgIpc) is 2.89. The van der Waals surface area contributed by atoms with Gasteiger partial charge in [-0.15, -0.1) is 0 Å². The molecular formula is C27H40N8O3. The maximum Gasteiger partial charge on any atom is 0.248 e. The van der Waals surface area contributed by atoms with Crippen molar-refractivity contribution in [3.8, 4) is 0 Å². The lowest BCUT2D eigenvalue weighted by atomic mass is 10.1. The maximum atomic E-state index is 11.9. The van der Waals surface area contributed by atoms with Gasteiger partial charge in [0.2, 0.25) is 23.7 Å². The van der Waals surface area contributed by atoms with E-state index in [0.717, 1.165) is 55.7 Å². The molecule has 0 unspecified atom stereocenters. The summed E-state index contributed by atoms with van der Waals surface area (Å²) < 4.78 is 0. The molecule has 206 valence electrons. The van der Waals surface area contributed by atoms with Crippen LogP contribution >= 0.6 is 0 Å². The zero-order valence-electron chi connectivity index (χ0n) is 22.5. The average molecular weight is 525 g/mol. The van der Waals surface area contributed by atoms with E-state index < -0.39 is 5.91 Å². The van der Waals surface area contributed by atoms with Gasteiger partial charge in [-0.1, -0.05) is 19.4 Å². The lowest BCUT2D eigenvalue weighted by Gasteiger charge is -2.13. The van der Waals surface area contributed by atoms with Crippen LogP contribution in [-0.2, 0) is 16.0 Å². The van der Waals surface area contributed by atoms with E-state index in [-0.39, 0.29) is 18.4 Å². The molecule has 0 aliphatic rings. The van der Waals surface area contributed by atoms with Gasteiger partial charge in [0, 0.05) is 48.7 Å². The zero-order valence-corrected chi connectivity index (χ0v) is 22.5. The van der Waals surface area contributed by atoms with Crippen LogP contribution in [0.4, 0.5) is 17.5 Å². The molecule has 2 rings (SSSR count). The molecule has 11 heteroatoms. The quantitative estimate of drug-likeness (QED) is 0.156. The molecule has 6 N–H and O–H groups in total. The lowest BCUT2D eigenvalue weighted by molar-refractivity contribution is -0.123. The number of likely N-dealkylation sites (N-methyl/N-ethyl adjacent to an activating group) is 1. The Hall–Kier alpha value is -3.99. The third-order valence-electron chi connectivity index (χ3n) is 5.44. The molecule has 0 atom stereocenters. The van der Waals surface area contributed by atoms with E-state index in [4.69, 9.17) is 5.73 Å². The van der Waals surface area contributed by atoms with E-state index in [0.29, 0.717) is 24.6 Å². The van der Waals surface area contributed by atoms with Crippen LogP contribution in [0.3, 0.4) is 0 Å². The van der Waals surface area contributed by atoms with Crippen molar-refractivity contribution in [2.75, 3.05) is 50.9 Å². The normalized spacial score (nSPS) is 10.9. The molecule has 1 heterocycles. The van der Waals surface area contributed by atoms with Crippen molar-refractivity contribution in [2.24, 2.45) is 5.73 Å². The summed E-state index contributed by atoms with van der Waals surface area (Å²) in [4.78, 5) is 45.9. The summed E-state index contributed by atoms with van der Waals surface area (Å²) in [6.45, 7) is 4.07. The first-order chi connectivity index (χ1) is 18.3. The molecule has 0 saturated carbocycles. The SMILES string of the molecule is CCCNc1nc(Nc2ccc(C(N)=O)cc2)ncc1CCCCCNC(=O)CNC(=O)/C=C/CN(C)C. The van der Waals surface area contributed by atoms with Gasteiger partial charge in [-0.05, 0) is 64.0 Å². The number of carbonyl (C=O) groups excluding carboxylic acids is 3. The number of nitrogens with zero attached hydrogens (tertiary/aromatic N) is 3. The molecule has 0 saturated heterocycles. The minimum absolute atomic E-state index is 0.0371. The second-order valence-electron chi connectivity index (χ2n) is 9.10. The van der Waals surface area contributed by atoms with Crippen molar-refractivity contribution >= 4 is 35.2 Å². The van der Waals surface area contributed by atoms with Gasteiger partial charge in [0.05, 0.1) is 6.54 Å². The standard InChI is InChI=1S/C27H40N8O3/c1-4-15-30-26-21(18-32-27(34-26)33-22-13-11-20(12-14-22)25(28)38)9-6-5-7-16-29-24(37)19-31-23(36)10-8-17-35(2)3/h8,10-14,18H,4-7,9,15-17,19H2,1-3H3,(H2,28,38)(H,29,37)(H,31,36)(H2,30,32,33,34)/b10-8+. The summed E-state index contributed by atoms with van der Waals surface area (Å²) in [5, 5.41) is 11.9. The fourth-order valence-electron chi connectivity index (χ4n) is 3.40. The fraction of sp³-hybridized carbons (Fsp3) is 0.444. The molecule has 2 aromatic rings. The van der Waals surface area contributed by atoms with Crippen LogP contribution in [0, 0.1) is 0 Å². The fourth-order valence-corrected chi connectivity index (χ4v) is 3.40. The van der Waals surface area contributed by atoms with E-state index in [1.807, 2.05) is 25.2 Å². The summed E-state index contributed by atoms with van der Waals surface area (Å²) in [5.41, 5.74) is 7.52. The van der Waals surface area contributed by atoms with Crippen molar-refractivity contribution in [1.82, 2.24) is 25.5 Å². The molecule has 1 aromatic carbocycles. The summed E-state index contributed by atoms with van der Waals surface area (Å²) in [6.07, 6.45) is 9.47. The summed E-state index contributed by atoms with van der Waals surface area (Å²) >= 11 is 0. The first-order valence-corrected chi connectivity index (χ1v) is 12.9. The number of hydrogen-bond donors (Lipinski definition) is 5. The summed E-state index contributed by atoms with van der Waals surface area (Å²) in [7, 11) is 3.83. The Balaban J connectivity index is 1.75. The number of aryl methyl sites for hydroxylation is 1. The largest absolute Gasteiger partial charge is 0.370 e. The number of benzene rings is 1. The number of anilines is 3. The second kappa shape index (κ2) is 16.7. The molecule has 38 heavy (non-hydrogen) atoms. The molecule has 0 bridgehead atoms. The van der Waals surface area contributed by atoms with Gasteiger partial charge in [0.25, 0.3) is 0 Å².